The van der Waals surface area contributed by atoms with Crippen molar-refractivity contribution in [1.29, 1.82) is 0 Å². The monoisotopic (exact) mass is 297 g/mol. The van der Waals surface area contributed by atoms with E-state index in [4.69, 9.17) is 0 Å². The first kappa shape index (κ1) is 14.4. The van der Waals surface area contributed by atoms with Crippen molar-refractivity contribution in [2.24, 2.45) is 0 Å². The van der Waals surface area contributed by atoms with Crippen LogP contribution in [-0.2, 0) is 14.4 Å². The Bertz CT molecular complexity index is 692. The molecule has 22 heavy (non-hydrogen) atoms. The number of hydrogen-bond acceptors (Lipinski definition) is 4. The Morgan fingerprint density at radius 1 is 1.27 bits per heavy atom. The summed E-state index contributed by atoms with van der Waals surface area (Å²) in [5, 5.41) is 10.4. The molecule has 2 atom stereocenters. The molecule has 1 N–H and O–H groups in total. The second kappa shape index (κ2) is 5.35. The predicted molar refractivity (Wildman–Crippen MR) is 79.4 cm³/mol. The largest absolute Gasteiger partial charge is 0.383 e. The van der Waals surface area contributed by atoms with Crippen molar-refractivity contribution in [3.8, 4) is 0 Å². The minimum absolute atomic E-state index is 0.0380. The van der Waals surface area contributed by atoms with E-state index < -0.39 is 23.5 Å². The van der Waals surface area contributed by atoms with E-state index in [1.165, 1.54) is 18.2 Å². The molecular formula is C17H15NO4. The molecule has 1 aromatic carbocycles. The molecule has 0 spiro atoms. The smallest absolute Gasteiger partial charge is 0.253 e. The highest BCUT2D eigenvalue weighted by Gasteiger charge is 2.53. The van der Waals surface area contributed by atoms with E-state index in [0.29, 0.717) is 0 Å². The molecule has 2 amide bonds. The summed E-state index contributed by atoms with van der Waals surface area (Å²) < 4.78 is 0. The van der Waals surface area contributed by atoms with Gasteiger partial charge in [0, 0.05) is 12.5 Å². The van der Waals surface area contributed by atoms with E-state index in [2.05, 4.69) is 0 Å². The molecule has 112 valence electrons. The van der Waals surface area contributed by atoms with Crippen LogP contribution in [0.1, 0.15) is 18.4 Å². The van der Waals surface area contributed by atoms with Gasteiger partial charge in [0.25, 0.3) is 5.91 Å². The molecule has 1 aromatic rings. The van der Waals surface area contributed by atoms with Crippen LogP contribution < -0.4 is 0 Å². The van der Waals surface area contributed by atoms with Gasteiger partial charge in [0.05, 0.1) is 12.5 Å². The topological polar surface area (TPSA) is 74.7 Å². The number of benzene rings is 1. The van der Waals surface area contributed by atoms with Gasteiger partial charge in [0.2, 0.25) is 5.91 Å². The van der Waals surface area contributed by atoms with Crippen molar-refractivity contribution in [3.63, 3.8) is 0 Å². The van der Waals surface area contributed by atoms with Gasteiger partial charge < -0.3 is 5.11 Å². The van der Waals surface area contributed by atoms with Crippen molar-refractivity contribution in [1.82, 2.24) is 4.90 Å². The molecule has 1 saturated heterocycles. The van der Waals surface area contributed by atoms with Gasteiger partial charge in [0.1, 0.15) is 5.60 Å². The van der Waals surface area contributed by atoms with E-state index >= 15 is 0 Å². The Balaban J connectivity index is 1.83. The van der Waals surface area contributed by atoms with E-state index in [-0.39, 0.29) is 18.6 Å². The van der Waals surface area contributed by atoms with Crippen LogP contribution in [0.5, 0.6) is 0 Å². The second-order valence-electron chi connectivity index (χ2n) is 5.53. The van der Waals surface area contributed by atoms with Crippen LogP contribution in [0.25, 0.3) is 6.08 Å². The van der Waals surface area contributed by atoms with Crippen LogP contribution in [0.3, 0.4) is 0 Å². The molecule has 0 saturated carbocycles. The van der Waals surface area contributed by atoms with Crippen LogP contribution in [0, 0.1) is 0 Å². The number of aliphatic hydroxyl groups is 1. The van der Waals surface area contributed by atoms with Crippen molar-refractivity contribution >= 4 is 23.7 Å². The summed E-state index contributed by atoms with van der Waals surface area (Å²) in [6.45, 7) is 0. The number of likely N-dealkylation sites (tertiary alicyclic amines) is 1. The Hall–Kier alpha value is -2.53. The van der Waals surface area contributed by atoms with Crippen molar-refractivity contribution in [2.45, 2.75) is 24.5 Å². The third-order valence-electron chi connectivity index (χ3n) is 4.00. The summed E-state index contributed by atoms with van der Waals surface area (Å²) in [5.41, 5.74) is -0.598. The third-order valence-corrected chi connectivity index (χ3v) is 4.00. The molecule has 1 aliphatic heterocycles. The van der Waals surface area contributed by atoms with Crippen LogP contribution in [-0.4, -0.2) is 39.2 Å². The zero-order chi connectivity index (χ0) is 15.7. The number of imide groups is 1. The molecule has 2 aliphatic rings. The molecule has 1 heterocycles. The number of fused-ring (bicyclic) bond motifs is 1. The molecule has 0 aromatic heterocycles. The number of carbonyl (C=O) groups excluding carboxylic acids is 3. The highest BCUT2D eigenvalue weighted by molar-refractivity contribution is 6.06. The first-order valence-corrected chi connectivity index (χ1v) is 7.03. The van der Waals surface area contributed by atoms with E-state index in [0.717, 1.165) is 10.5 Å². The van der Waals surface area contributed by atoms with Crippen LogP contribution >= 0.6 is 0 Å². The number of amides is 2. The van der Waals surface area contributed by atoms with Gasteiger partial charge in [-0.05, 0) is 23.8 Å². The number of carbonyl (C=O) groups is 3. The number of ketones is 1. The maximum atomic E-state index is 12.3. The van der Waals surface area contributed by atoms with Gasteiger partial charge >= 0.3 is 0 Å². The SMILES string of the molecule is O=C1C=CC2(O)CC(=O)N(C(=O)C=Cc3ccccc3)C2C1. The minimum Gasteiger partial charge on any atom is -0.383 e. The fourth-order valence-corrected chi connectivity index (χ4v) is 2.86. The van der Waals surface area contributed by atoms with Crippen molar-refractivity contribution in [2.75, 3.05) is 0 Å². The summed E-state index contributed by atoms with van der Waals surface area (Å²) in [6, 6.07) is 8.40. The Kier molecular flexibility index (Phi) is 3.50. The average Bonchev–Trinajstić information content (AvgIpc) is 2.76. The molecule has 1 aliphatic carbocycles. The standard InChI is InChI=1S/C17H15NO4/c19-13-8-9-17(22)11-16(21)18(14(17)10-13)15(20)7-6-12-4-2-1-3-5-12/h1-9,14,22H,10-11H2. The third kappa shape index (κ3) is 2.51. The van der Waals surface area contributed by atoms with Gasteiger partial charge in [-0.3, -0.25) is 19.3 Å². The summed E-state index contributed by atoms with van der Waals surface area (Å²) in [6.07, 6.45) is 5.29. The number of rotatable bonds is 2. The van der Waals surface area contributed by atoms with Gasteiger partial charge in [-0.2, -0.15) is 0 Å². The van der Waals surface area contributed by atoms with E-state index in [1.54, 1.807) is 6.08 Å². The molecule has 0 radical (unpaired) electrons. The van der Waals surface area contributed by atoms with Crippen molar-refractivity contribution in [3.05, 3.63) is 54.1 Å². The van der Waals surface area contributed by atoms with Crippen LogP contribution in [0.4, 0.5) is 0 Å². The molecule has 2 unspecified atom stereocenters. The molecule has 3 rings (SSSR count). The van der Waals surface area contributed by atoms with Crippen molar-refractivity contribution < 1.29 is 19.5 Å². The normalized spacial score (nSPS) is 27.5. The first-order valence-electron chi connectivity index (χ1n) is 7.03. The summed E-state index contributed by atoms with van der Waals surface area (Å²) in [7, 11) is 0. The summed E-state index contributed by atoms with van der Waals surface area (Å²) in [4.78, 5) is 36.9. The zero-order valence-corrected chi connectivity index (χ0v) is 11.8. The maximum absolute atomic E-state index is 12.3. The highest BCUT2D eigenvalue weighted by Crippen LogP contribution is 2.36. The molecule has 5 nitrogen and oxygen atoms in total. The Labute approximate surface area is 127 Å². The van der Waals surface area contributed by atoms with E-state index in [9.17, 15) is 19.5 Å². The number of nitrogens with zero attached hydrogens (tertiary/aromatic N) is 1. The minimum atomic E-state index is -1.43. The second-order valence-corrected chi connectivity index (χ2v) is 5.53. The fourth-order valence-electron chi connectivity index (χ4n) is 2.86. The van der Waals surface area contributed by atoms with Gasteiger partial charge in [-0.15, -0.1) is 0 Å². The molecular weight excluding hydrogens is 282 g/mol. The van der Waals surface area contributed by atoms with Gasteiger partial charge in [-0.1, -0.05) is 30.3 Å². The summed E-state index contributed by atoms with van der Waals surface area (Å²) in [5.74, 6) is -1.18. The Morgan fingerprint density at radius 2 is 2.00 bits per heavy atom. The number of hydrogen-bond donors (Lipinski definition) is 1. The quantitative estimate of drug-likeness (QED) is 0.829. The Morgan fingerprint density at radius 3 is 2.73 bits per heavy atom. The number of allylic oxidation sites excluding steroid dienone is 1. The van der Waals surface area contributed by atoms with Crippen LogP contribution in [0.2, 0.25) is 0 Å². The first-order chi connectivity index (χ1) is 10.5. The van der Waals surface area contributed by atoms with Crippen LogP contribution in [0.15, 0.2) is 48.6 Å². The lowest BCUT2D eigenvalue weighted by Gasteiger charge is -2.31. The highest BCUT2D eigenvalue weighted by atomic mass is 16.3. The van der Waals surface area contributed by atoms with E-state index in [1.807, 2.05) is 30.3 Å². The van der Waals surface area contributed by atoms with Gasteiger partial charge in [-0.25, -0.2) is 0 Å². The predicted octanol–water partition coefficient (Wildman–Crippen LogP) is 1.09. The lowest BCUT2D eigenvalue weighted by molar-refractivity contribution is -0.141. The molecule has 5 heteroatoms. The fraction of sp³-hybridized carbons (Fsp3) is 0.235. The maximum Gasteiger partial charge on any atom is 0.253 e. The molecule has 0 bridgehead atoms. The molecule has 1 fully saturated rings. The zero-order valence-electron chi connectivity index (χ0n) is 11.8. The lowest BCUT2D eigenvalue weighted by Crippen LogP contribution is -2.48. The average molecular weight is 297 g/mol. The van der Waals surface area contributed by atoms with Gasteiger partial charge in [0.15, 0.2) is 5.78 Å². The lowest BCUT2D eigenvalue weighted by atomic mass is 9.86. The summed E-state index contributed by atoms with van der Waals surface area (Å²) >= 11 is 0.